The molecule has 0 atom stereocenters. The molecule has 84 valence electrons. The van der Waals surface area contributed by atoms with Crippen LogP contribution in [0.25, 0.3) is 5.00 Å². The highest BCUT2D eigenvalue weighted by molar-refractivity contribution is 7.16. The smallest absolute Gasteiger partial charge is 0.346 e. The maximum Gasteiger partial charge on any atom is 0.346 e. The van der Waals surface area contributed by atoms with Gasteiger partial charge in [-0.3, -0.25) is 0 Å². The Bertz CT molecular complexity index is 533. The van der Waals surface area contributed by atoms with Gasteiger partial charge in [-0.25, -0.2) is 9.48 Å². The first kappa shape index (κ1) is 11.2. The molecule has 0 saturated heterocycles. The van der Waals surface area contributed by atoms with Crippen LogP contribution in [0.1, 0.15) is 22.2 Å². The summed E-state index contributed by atoms with van der Waals surface area (Å²) in [5, 5.41) is 14.2. The summed E-state index contributed by atoms with van der Waals surface area (Å²) in [6, 6.07) is 3.49. The molecule has 0 radical (unpaired) electrons. The summed E-state index contributed by atoms with van der Waals surface area (Å²) < 4.78 is 1.58. The zero-order valence-corrected chi connectivity index (χ0v) is 10.0. The summed E-state index contributed by atoms with van der Waals surface area (Å²) in [4.78, 5) is 11.4. The van der Waals surface area contributed by atoms with Gasteiger partial charge in [-0.05, 0) is 24.1 Å². The predicted molar refractivity (Wildman–Crippen MR) is 62.8 cm³/mol. The summed E-state index contributed by atoms with van der Waals surface area (Å²) in [6.07, 6.45) is 2.40. The van der Waals surface area contributed by atoms with Gasteiger partial charge in [-0.15, -0.1) is 11.3 Å². The van der Waals surface area contributed by atoms with Gasteiger partial charge in [0.2, 0.25) is 0 Å². The average Bonchev–Trinajstić information content (AvgIpc) is 2.82. The Morgan fingerprint density at radius 2 is 2.44 bits per heavy atom. The quantitative estimate of drug-likeness (QED) is 0.919. The van der Waals surface area contributed by atoms with E-state index >= 15 is 0 Å². The first-order valence-corrected chi connectivity index (χ1v) is 5.88. The van der Waals surface area contributed by atoms with E-state index in [1.165, 1.54) is 11.3 Å². The van der Waals surface area contributed by atoms with Crippen LogP contribution in [0.4, 0.5) is 0 Å². The summed E-state index contributed by atoms with van der Waals surface area (Å²) >= 11 is 6.91. The van der Waals surface area contributed by atoms with Gasteiger partial charge in [0.1, 0.15) is 9.88 Å². The van der Waals surface area contributed by atoms with Crippen molar-refractivity contribution < 1.29 is 9.90 Å². The van der Waals surface area contributed by atoms with Crippen molar-refractivity contribution in [2.75, 3.05) is 0 Å². The summed E-state index contributed by atoms with van der Waals surface area (Å²) in [5.41, 5.74) is 0.819. The van der Waals surface area contributed by atoms with E-state index in [0.717, 1.165) is 10.6 Å². The highest BCUT2D eigenvalue weighted by atomic mass is 35.5. The Morgan fingerprint density at radius 1 is 1.69 bits per heavy atom. The van der Waals surface area contributed by atoms with E-state index in [1.54, 1.807) is 16.9 Å². The second kappa shape index (κ2) is 4.27. The first-order valence-electron chi connectivity index (χ1n) is 4.69. The van der Waals surface area contributed by atoms with E-state index in [0.29, 0.717) is 16.5 Å². The molecule has 0 aliphatic rings. The third-order valence-electron chi connectivity index (χ3n) is 2.15. The Hall–Kier alpha value is -1.33. The number of nitrogens with zero attached hydrogens (tertiary/aromatic N) is 2. The molecule has 0 aliphatic heterocycles. The lowest BCUT2D eigenvalue weighted by molar-refractivity contribution is 0.0701. The number of carbonyl (C=O) groups is 1. The lowest BCUT2D eigenvalue weighted by Gasteiger charge is -1.92. The largest absolute Gasteiger partial charge is 0.477 e. The molecule has 0 spiro atoms. The van der Waals surface area contributed by atoms with Crippen LogP contribution < -0.4 is 0 Å². The van der Waals surface area contributed by atoms with Crippen molar-refractivity contribution in [1.82, 2.24) is 9.78 Å². The van der Waals surface area contributed by atoms with E-state index in [4.69, 9.17) is 16.7 Å². The van der Waals surface area contributed by atoms with Crippen LogP contribution in [-0.2, 0) is 6.42 Å². The topological polar surface area (TPSA) is 55.1 Å². The molecule has 2 rings (SSSR count). The molecule has 6 heteroatoms. The molecule has 0 unspecified atom stereocenters. The molecule has 0 aromatic carbocycles. The minimum absolute atomic E-state index is 0.365. The van der Waals surface area contributed by atoms with Crippen molar-refractivity contribution in [2.24, 2.45) is 0 Å². The lowest BCUT2D eigenvalue weighted by atomic mass is 10.2. The molecule has 0 fully saturated rings. The average molecular weight is 257 g/mol. The van der Waals surface area contributed by atoms with Crippen molar-refractivity contribution in [3.05, 3.63) is 33.9 Å². The van der Waals surface area contributed by atoms with Crippen molar-refractivity contribution in [3.8, 4) is 5.00 Å². The molecule has 2 heterocycles. The van der Waals surface area contributed by atoms with Crippen molar-refractivity contribution >= 4 is 28.9 Å². The standard InChI is InChI=1S/C10H9ClN2O2S/c1-2-6-5-8(16-9(6)10(14)15)13-4-3-7(11)12-13/h3-5H,2H2,1H3,(H,14,15). The number of aromatic carboxylic acids is 1. The first-order chi connectivity index (χ1) is 7.61. The predicted octanol–water partition coefficient (Wildman–Crippen LogP) is 2.85. The monoisotopic (exact) mass is 256 g/mol. The van der Waals surface area contributed by atoms with Crippen molar-refractivity contribution in [1.29, 1.82) is 0 Å². The second-order valence-electron chi connectivity index (χ2n) is 3.18. The molecule has 0 bridgehead atoms. The Morgan fingerprint density at radius 3 is 2.88 bits per heavy atom. The van der Waals surface area contributed by atoms with E-state index in [2.05, 4.69) is 5.10 Å². The van der Waals surface area contributed by atoms with Crippen molar-refractivity contribution in [2.45, 2.75) is 13.3 Å². The number of carboxylic acids is 1. The van der Waals surface area contributed by atoms with Gasteiger partial charge in [0.15, 0.2) is 5.15 Å². The van der Waals surface area contributed by atoms with E-state index < -0.39 is 5.97 Å². The lowest BCUT2D eigenvalue weighted by Crippen LogP contribution is -1.95. The number of thiophene rings is 1. The van der Waals surface area contributed by atoms with Crippen molar-refractivity contribution in [3.63, 3.8) is 0 Å². The van der Waals surface area contributed by atoms with Crippen LogP contribution in [0.5, 0.6) is 0 Å². The molecule has 1 N–H and O–H groups in total. The molecule has 16 heavy (non-hydrogen) atoms. The molecule has 2 aromatic heterocycles. The van der Waals surface area contributed by atoms with E-state index in [-0.39, 0.29) is 0 Å². The van der Waals surface area contributed by atoms with E-state index in [9.17, 15) is 4.79 Å². The molecule has 0 saturated carbocycles. The van der Waals surface area contributed by atoms with Gasteiger partial charge in [0.25, 0.3) is 0 Å². The third-order valence-corrected chi connectivity index (χ3v) is 3.51. The van der Waals surface area contributed by atoms with Gasteiger partial charge in [0.05, 0.1) is 0 Å². The normalized spacial score (nSPS) is 10.6. The highest BCUT2D eigenvalue weighted by Gasteiger charge is 2.15. The SMILES string of the molecule is CCc1cc(-n2ccc(Cl)n2)sc1C(=O)O. The second-order valence-corrected chi connectivity index (χ2v) is 4.60. The van der Waals surface area contributed by atoms with Gasteiger partial charge < -0.3 is 5.11 Å². The minimum Gasteiger partial charge on any atom is -0.477 e. The number of rotatable bonds is 3. The minimum atomic E-state index is -0.897. The zero-order valence-electron chi connectivity index (χ0n) is 8.48. The van der Waals surface area contributed by atoms with Crippen LogP contribution in [-0.4, -0.2) is 20.9 Å². The fourth-order valence-electron chi connectivity index (χ4n) is 1.40. The maximum atomic E-state index is 11.0. The molecular formula is C10H9ClN2O2S. The number of aromatic nitrogens is 2. The molecule has 0 amide bonds. The number of halogens is 1. The van der Waals surface area contributed by atoms with Crippen LogP contribution in [0.2, 0.25) is 5.15 Å². The number of hydrogen-bond donors (Lipinski definition) is 1. The van der Waals surface area contributed by atoms with Gasteiger partial charge >= 0.3 is 5.97 Å². The Balaban J connectivity index is 2.47. The van der Waals surface area contributed by atoms with Gasteiger partial charge in [-0.1, -0.05) is 18.5 Å². The summed E-state index contributed by atoms with van der Waals surface area (Å²) in [5.74, 6) is -0.897. The van der Waals surface area contributed by atoms with Crippen LogP contribution in [0, 0.1) is 0 Å². The fourth-order valence-corrected chi connectivity index (χ4v) is 2.56. The number of carboxylic acid groups (broad SMARTS) is 1. The maximum absolute atomic E-state index is 11.0. The molecule has 4 nitrogen and oxygen atoms in total. The molecule has 2 aromatic rings. The fraction of sp³-hybridized carbons (Fsp3) is 0.200. The number of aryl methyl sites for hydroxylation is 1. The molecule has 0 aliphatic carbocycles. The van der Waals surface area contributed by atoms with Crippen LogP contribution in [0.15, 0.2) is 18.3 Å². The highest BCUT2D eigenvalue weighted by Crippen LogP contribution is 2.26. The Kier molecular flexibility index (Phi) is 2.98. The Labute approximate surface area is 101 Å². The number of hydrogen-bond acceptors (Lipinski definition) is 3. The van der Waals surface area contributed by atoms with Crippen LogP contribution >= 0.6 is 22.9 Å². The van der Waals surface area contributed by atoms with Gasteiger partial charge in [-0.2, -0.15) is 5.10 Å². The summed E-state index contributed by atoms with van der Waals surface area (Å²) in [7, 11) is 0. The van der Waals surface area contributed by atoms with Gasteiger partial charge in [0, 0.05) is 6.20 Å². The van der Waals surface area contributed by atoms with E-state index in [1.807, 2.05) is 13.0 Å². The third kappa shape index (κ3) is 1.96. The molecular weight excluding hydrogens is 248 g/mol. The summed E-state index contributed by atoms with van der Waals surface area (Å²) in [6.45, 7) is 1.92. The zero-order chi connectivity index (χ0) is 11.7. The van der Waals surface area contributed by atoms with Crippen LogP contribution in [0.3, 0.4) is 0 Å².